The molecule has 0 fully saturated rings. The Balaban J connectivity index is 2.01. The van der Waals surface area contributed by atoms with Gasteiger partial charge in [0.15, 0.2) is 5.13 Å². The number of para-hydroxylation sites is 1. The van der Waals surface area contributed by atoms with E-state index in [0.717, 1.165) is 26.8 Å². The standard InChI is InChI=1S/C24H31N3O3S2/c1-15(2)24(5,6)26-23-25-17(4)22(31-23)18-12-13-20(30-7)21(14-18)32(28,29)27-19-11-9-8-10-16(19)3/h8-15,27H,1-7H3,(H,25,26). The van der Waals surface area contributed by atoms with Crippen LogP contribution in [0.15, 0.2) is 47.4 Å². The number of hydrogen-bond donors (Lipinski definition) is 2. The highest BCUT2D eigenvalue weighted by Gasteiger charge is 2.25. The van der Waals surface area contributed by atoms with Crippen LogP contribution in [0.25, 0.3) is 10.4 Å². The van der Waals surface area contributed by atoms with E-state index in [4.69, 9.17) is 4.74 Å². The lowest BCUT2D eigenvalue weighted by Gasteiger charge is -2.30. The molecule has 1 aromatic heterocycles. The maximum absolute atomic E-state index is 13.3. The van der Waals surface area contributed by atoms with Gasteiger partial charge in [0, 0.05) is 5.54 Å². The molecule has 32 heavy (non-hydrogen) atoms. The van der Waals surface area contributed by atoms with E-state index in [0.29, 0.717) is 11.6 Å². The van der Waals surface area contributed by atoms with E-state index in [1.807, 2.05) is 32.0 Å². The highest BCUT2D eigenvalue weighted by atomic mass is 32.2. The van der Waals surface area contributed by atoms with Crippen LogP contribution >= 0.6 is 11.3 Å². The van der Waals surface area contributed by atoms with E-state index in [9.17, 15) is 8.42 Å². The predicted molar refractivity (Wildman–Crippen MR) is 133 cm³/mol. The van der Waals surface area contributed by atoms with Gasteiger partial charge in [-0.3, -0.25) is 4.72 Å². The highest BCUT2D eigenvalue weighted by molar-refractivity contribution is 7.92. The van der Waals surface area contributed by atoms with Crippen LogP contribution in [0, 0.1) is 19.8 Å². The summed E-state index contributed by atoms with van der Waals surface area (Å²) in [7, 11) is -2.39. The molecule has 0 aliphatic carbocycles. The number of aryl methyl sites for hydroxylation is 2. The first-order chi connectivity index (χ1) is 14.9. The minimum absolute atomic E-state index is 0.0885. The van der Waals surface area contributed by atoms with Crippen molar-refractivity contribution in [2.24, 2.45) is 5.92 Å². The maximum Gasteiger partial charge on any atom is 0.265 e. The molecule has 8 heteroatoms. The Morgan fingerprint density at radius 2 is 1.78 bits per heavy atom. The number of rotatable bonds is 8. The molecule has 0 aliphatic rings. The third kappa shape index (κ3) is 5.07. The molecule has 0 bridgehead atoms. The summed E-state index contributed by atoms with van der Waals surface area (Å²) >= 11 is 1.52. The number of nitrogens with zero attached hydrogens (tertiary/aromatic N) is 1. The second-order valence-corrected chi connectivity index (χ2v) is 11.4. The summed E-state index contributed by atoms with van der Waals surface area (Å²) in [5.74, 6) is 0.705. The summed E-state index contributed by atoms with van der Waals surface area (Å²) in [4.78, 5) is 5.69. The molecule has 2 aromatic carbocycles. The van der Waals surface area contributed by atoms with Crippen molar-refractivity contribution >= 4 is 32.2 Å². The van der Waals surface area contributed by atoms with Gasteiger partial charge in [0.1, 0.15) is 10.6 Å². The number of methoxy groups -OCH3 is 1. The Kier molecular flexibility index (Phi) is 6.86. The average molecular weight is 474 g/mol. The summed E-state index contributed by atoms with van der Waals surface area (Å²) in [5.41, 5.74) is 2.89. The first-order valence-corrected chi connectivity index (χ1v) is 12.8. The number of benzene rings is 2. The van der Waals surface area contributed by atoms with E-state index < -0.39 is 10.0 Å². The average Bonchev–Trinajstić information content (AvgIpc) is 3.08. The Hall–Kier alpha value is -2.58. The van der Waals surface area contributed by atoms with E-state index in [-0.39, 0.29) is 16.2 Å². The SMILES string of the molecule is COc1ccc(-c2sc(NC(C)(C)C(C)C)nc2C)cc1S(=O)(=O)Nc1ccccc1C. The van der Waals surface area contributed by atoms with Gasteiger partial charge in [-0.2, -0.15) is 0 Å². The van der Waals surface area contributed by atoms with Crippen LogP contribution in [0.5, 0.6) is 5.75 Å². The molecular formula is C24H31N3O3S2. The number of aromatic nitrogens is 1. The third-order valence-electron chi connectivity index (χ3n) is 5.77. The monoisotopic (exact) mass is 473 g/mol. The van der Waals surface area contributed by atoms with Crippen LogP contribution in [0.4, 0.5) is 10.8 Å². The van der Waals surface area contributed by atoms with Gasteiger partial charge in [0.05, 0.1) is 23.4 Å². The van der Waals surface area contributed by atoms with Crippen LogP contribution < -0.4 is 14.8 Å². The number of ether oxygens (including phenoxy) is 1. The molecule has 0 saturated heterocycles. The number of anilines is 2. The Labute approximate surface area is 195 Å². The molecule has 0 aliphatic heterocycles. The number of thiazole rings is 1. The Morgan fingerprint density at radius 3 is 2.41 bits per heavy atom. The van der Waals surface area contributed by atoms with Crippen LogP contribution in [0.1, 0.15) is 39.0 Å². The molecular weight excluding hydrogens is 442 g/mol. The highest BCUT2D eigenvalue weighted by Crippen LogP contribution is 2.38. The zero-order valence-corrected chi connectivity index (χ0v) is 21.2. The van der Waals surface area contributed by atoms with Gasteiger partial charge in [-0.1, -0.05) is 43.4 Å². The number of nitrogens with one attached hydrogen (secondary N) is 2. The molecule has 3 aromatic rings. The van der Waals surface area contributed by atoms with E-state index in [2.05, 4.69) is 42.7 Å². The van der Waals surface area contributed by atoms with Gasteiger partial charge < -0.3 is 10.1 Å². The lowest BCUT2D eigenvalue weighted by Crippen LogP contribution is -2.36. The van der Waals surface area contributed by atoms with Gasteiger partial charge in [-0.05, 0) is 69.0 Å². The van der Waals surface area contributed by atoms with Crippen molar-refractivity contribution < 1.29 is 13.2 Å². The van der Waals surface area contributed by atoms with Crippen molar-refractivity contribution in [2.45, 2.75) is 52.0 Å². The van der Waals surface area contributed by atoms with Crippen molar-refractivity contribution in [3.63, 3.8) is 0 Å². The summed E-state index contributed by atoms with van der Waals surface area (Å²) in [5, 5.41) is 4.32. The molecule has 2 N–H and O–H groups in total. The molecule has 0 unspecified atom stereocenters. The van der Waals surface area contributed by atoms with Crippen LogP contribution in [-0.4, -0.2) is 26.1 Å². The fourth-order valence-electron chi connectivity index (χ4n) is 3.05. The fourth-order valence-corrected chi connectivity index (χ4v) is 5.51. The van der Waals surface area contributed by atoms with Crippen molar-refractivity contribution in [3.8, 4) is 16.2 Å². The van der Waals surface area contributed by atoms with Crippen molar-refractivity contribution in [1.82, 2.24) is 4.98 Å². The molecule has 0 spiro atoms. The fraction of sp³-hybridized carbons (Fsp3) is 0.375. The zero-order valence-electron chi connectivity index (χ0n) is 19.6. The van der Waals surface area contributed by atoms with Crippen molar-refractivity contribution in [3.05, 3.63) is 53.7 Å². The zero-order chi connectivity index (χ0) is 23.7. The van der Waals surface area contributed by atoms with Gasteiger partial charge in [0.2, 0.25) is 0 Å². The summed E-state index contributed by atoms with van der Waals surface area (Å²) < 4.78 is 34.6. The van der Waals surface area contributed by atoms with Gasteiger partial charge in [0.25, 0.3) is 10.0 Å². The van der Waals surface area contributed by atoms with Gasteiger partial charge in [-0.15, -0.1) is 0 Å². The molecule has 0 saturated carbocycles. The second kappa shape index (κ2) is 9.11. The van der Waals surface area contributed by atoms with Crippen molar-refractivity contribution in [1.29, 1.82) is 0 Å². The van der Waals surface area contributed by atoms with E-state index >= 15 is 0 Å². The molecule has 0 amide bonds. The first kappa shape index (κ1) is 24.1. The minimum Gasteiger partial charge on any atom is -0.495 e. The minimum atomic E-state index is -3.86. The Bertz CT molecular complexity index is 1210. The topological polar surface area (TPSA) is 80.3 Å². The van der Waals surface area contributed by atoms with Crippen LogP contribution in [0.3, 0.4) is 0 Å². The predicted octanol–water partition coefficient (Wildman–Crippen LogP) is 6.08. The summed E-state index contributed by atoms with van der Waals surface area (Å²) in [6.45, 7) is 12.4. The first-order valence-electron chi connectivity index (χ1n) is 10.5. The largest absolute Gasteiger partial charge is 0.495 e. The van der Waals surface area contributed by atoms with Crippen molar-refractivity contribution in [2.75, 3.05) is 17.1 Å². The smallest absolute Gasteiger partial charge is 0.265 e. The second-order valence-electron chi connectivity index (χ2n) is 8.72. The molecule has 0 atom stereocenters. The lowest BCUT2D eigenvalue weighted by atomic mass is 9.91. The third-order valence-corrected chi connectivity index (χ3v) is 8.28. The molecule has 0 radical (unpaired) electrons. The Morgan fingerprint density at radius 1 is 1.09 bits per heavy atom. The lowest BCUT2D eigenvalue weighted by molar-refractivity contribution is 0.403. The molecule has 3 rings (SSSR count). The molecule has 172 valence electrons. The summed E-state index contributed by atoms with van der Waals surface area (Å²) in [6, 6.07) is 12.5. The number of hydrogen-bond acceptors (Lipinski definition) is 6. The maximum atomic E-state index is 13.3. The quantitative estimate of drug-likeness (QED) is 0.414. The van der Waals surface area contributed by atoms with E-state index in [1.165, 1.54) is 18.4 Å². The van der Waals surface area contributed by atoms with Crippen LogP contribution in [0.2, 0.25) is 0 Å². The normalized spacial score (nSPS) is 12.1. The van der Waals surface area contributed by atoms with Gasteiger partial charge in [-0.25, -0.2) is 13.4 Å². The molecule has 1 heterocycles. The molecule has 6 nitrogen and oxygen atoms in total. The summed E-state index contributed by atoms with van der Waals surface area (Å²) in [6.07, 6.45) is 0. The van der Waals surface area contributed by atoms with E-state index in [1.54, 1.807) is 24.3 Å². The number of sulfonamides is 1. The van der Waals surface area contributed by atoms with Crippen LogP contribution in [-0.2, 0) is 10.0 Å². The van der Waals surface area contributed by atoms with Gasteiger partial charge >= 0.3 is 0 Å².